The Bertz CT molecular complexity index is 1450. The molecule has 0 spiro atoms. The van der Waals surface area contributed by atoms with Crippen molar-refractivity contribution in [3.63, 3.8) is 0 Å². The Kier molecular flexibility index (Phi) is 6.85. The van der Waals surface area contributed by atoms with E-state index in [0.717, 1.165) is 16.8 Å². The highest BCUT2D eigenvalue weighted by atomic mass is 32.1. The first-order valence-electron chi connectivity index (χ1n) is 11.1. The molecule has 0 aliphatic heterocycles. The van der Waals surface area contributed by atoms with Gasteiger partial charge in [0.05, 0.1) is 30.1 Å². The molecule has 9 nitrogen and oxygen atoms in total. The zero-order chi connectivity index (χ0) is 24.9. The van der Waals surface area contributed by atoms with Crippen LogP contribution in [0.25, 0.3) is 23.8 Å². The molecule has 5 aromatic rings. The molecule has 0 saturated heterocycles. The standard InChI is InChI=1S/C26H24N4O5S/c1-17-21(28-26(35-17)23-5-4-10-32-23)14-33-22-9-6-18(11-24(22)31-3)13-34-25-19(12-30(2)29-25)7-8-20-15-36-16-27-20/h4-12,15-16H,13-14H2,1-3H3. The van der Waals surface area contributed by atoms with Crippen LogP contribution in [0.4, 0.5) is 0 Å². The van der Waals surface area contributed by atoms with E-state index < -0.39 is 0 Å². The van der Waals surface area contributed by atoms with E-state index in [4.69, 9.17) is 23.0 Å². The van der Waals surface area contributed by atoms with Crippen LogP contribution < -0.4 is 14.2 Å². The lowest BCUT2D eigenvalue weighted by atomic mass is 10.2. The largest absolute Gasteiger partial charge is 0.493 e. The maximum Gasteiger partial charge on any atom is 0.263 e. The van der Waals surface area contributed by atoms with Crippen molar-refractivity contribution in [3.8, 4) is 29.0 Å². The van der Waals surface area contributed by atoms with Crippen LogP contribution in [0.2, 0.25) is 0 Å². The van der Waals surface area contributed by atoms with Crippen molar-refractivity contribution in [1.29, 1.82) is 0 Å². The minimum absolute atomic E-state index is 0.227. The van der Waals surface area contributed by atoms with Gasteiger partial charge in [0, 0.05) is 18.6 Å². The van der Waals surface area contributed by atoms with E-state index in [-0.39, 0.29) is 6.61 Å². The van der Waals surface area contributed by atoms with E-state index in [0.29, 0.717) is 47.1 Å². The molecule has 0 radical (unpaired) electrons. The molecule has 5 rings (SSSR count). The number of methoxy groups -OCH3 is 1. The second-order valence-corrected chi connectivity index (χ2v) is 8.59. The molecule has 4 aromatic heterocycles. The first-order chi connectivity index (χ1) is 17.6. The molecule has 0 unspecified atom stereocenters. The van der Waals surface area contributed by atoms with Crippen molar-refractivity contribution in [1.82, 2.24) is 19.7 Å². The number of oxazole rings is 1. The van der Waals surface area contributed by atoms with Crippen LogP contribution in [0.5, 0.6) is 17.4 Å². The molecule has 0 aliphatic rings. The average molecular weight is 505 g/mol. The van der Waals surface area contributed by atoms with Crippen molar-refractivity contribution in [2.45, 2.75) is 20.1 Å². The van der Waals surface area contributed by atoms with Crippen LogP contribution in [0.1, 0.15) is 28.3 Å². The van der Waals surface area contributed by atoms with E-state index in [9.17, 15) is 0 Å². The van der Waals surface area contributed by atoms with Gasteiger partial charge in [0.25, 0.3) is 5.89 Å². The Balaban J connectivity index is 1.24. The fourth-order valence-electron chi connectivity index (χ4n) is 3.48. The van der Waals surface area contributed by atoms with Crippen LogP contribution in [0.3, 0.4) is 0 Å². The number of nitrogens with zero attached hydrogens (tertiary/aromatic N) is 4. The zero-order valence-corrected chi connectivity index (χ0v) is 20.8. The summed E-state index contributed by atoms with van der Waals surface area (Å²) in [6.45, 7) is 2.39. The van der Waals surface area contributed by atoms with E-state index >= 15 is 0 Å². The number of aromatic nitrogens is 4. The van der Waals surface area contributed by atoms with E-state index in [2.05, 4.69) is 15.1 Å². The second kappa shape index (κ2) is 10.5. The Morgan fingerprint density at radius 2 is 2.03 bits per heavy atom. The van der Waals surface area contributed by atoms with Gasteiger partial charge in [0.15, 0.2) is 17.3 Å². The summed E-state index contributed by atoms with van der Waals surface area (Å²) in [5.41, 5.74) is 5.16. The van der Waals surface area contributed by atoms with Gasteiger partial charge in [-0.15, -0.1) is 16.4 Å². The van der Waals surface area contributed by atoms with Crippen LogP contribution >= 0.6 is 11.3 Å². The van der Waals surface area contributed by atoms with Gasteiger partial charge in [-0.05, 0) is 48.9 Å². The molecule has 0 aliphatic carbocycles. The Morgan fingerprint density at radius 1 is 1.11 bits per heavy atom. The lowest BCUT2D eigenvalue weighted by Gasteiger charge is -2.12. The van der Waals surface area contributed by atoms with Crippen molar-refractivity contribution in [2.75, 3.05) is 7.11 Å². The molecule has 1 aromatic carbocycles. The maximum absolute atomic E-state index is 6.01. The van der Waals surface area contributed by atoms with Crippen LogP contribution in [0.15, 0.2) is 62.5 Å². The molecule has 0 saturated carbocycles. The monoisotopic (exact) mass is 504 g/mol. The van der Waals surface area contributed by atoms with Crippen molar-refractivity contribution < 1.29 is 23.0 Å². The molecule has 10 heteroatoms. The minimum atomic E-state index is 0.227. The SMILES string of the molecule is COc1cc(COc2nn(C)cc2C=Cc2cscn2)ccc1OCc1nc(-c2ccco2)oc1C. The molecule has 0 fully saturated rings. The van der Waals surface area contributed by atoms with Gasteiger partial charge in [-0.25, -0.2) is 9.97 Å². The molecule has 0 atom stereocenters. The number of ether oxygens (including phenoxy) is 3. The molecule has 184 valence electrons. The molecule has 4 heterocycles. The number of benzene rings is 1. The van der Waals surface area contributed by atoms with Crippen LogP contribution in [0, 0.1) is 6.92 Å². The Hall–Kier alpha value is -4.31. The Labute approximate surface area is 211 Å². The predicted molar refractivity (Wildman–Crippen MR) is 135 cm³/mol. The molecular weight excluding hydrogens is 480 g/mol. The lowest BCUT2D eigenvalue weighted by Crippen LogP contribution is -2.02. The third-order valence-corrected chi connectivity index (χ3v) is 5.90. The number of hydrogen-bond donors (Lipinski definition) is 0. The Morgan fingerprint density at radius 3 is 2.81 bits per heavy atom. The zero-order valence-electron chi connectivity index (χ0n) is 20.0. The quantitative estimate of drug-likeness (QED) is 0.236. The summed E-state index contributed by atoms with van der Waals surface area (Å²) < 4.78 is 30.3. The smallest absolute Gasteiger partial charge is 0.263 e. The summed E-state index contributed by atoms with van der Waals surface area (Å²) in [6, 6.07) is 9.24. The molecule has 0 amide bonds. The summed E-state index contributed by atoms with van der Waals surface area (Å²) in [5, 5.41) is 6.40. The number of thiazole rings is 1. The predicted octanol–water partition coefficient (Wildman–Crippen LogP) is 5.77. The average Bonchev–Trinajstić information content (AvgIpc) is 3.69. The van der Waals surface area contributed by atoms with Gasteiger partial charge in [-0.1, -0.05) is 6.07 Å². The number of aryl methyl sites for hydroxylation is 2. The van der Waals surface area contributed by atoms with Gasteiger partial charge >= 0.3 is 0 Å². The van der Waals surface area contributed by atoms with E-state index in [1.807, 2.05) is 55.9 Å². The van der Waals surface area contributed by atoms with Crippen LogP contribution in [-0.2, 0) is 20.3 Å². The van der Waals surface area contributed by atoms with Crippen molar-refractivity contribution in [3.05, 3.63) is 82.0 Å². The topological polar surface area (TPSA) is 97.6 Å². The van der Waals surface area contributed by atoms with Gasteiger partial charge in [-0.2, -0.15) is 0 Å². The fraction of sp³-hybridized carbons (Fsp3) is 0.192. The summed E-state index contributed by atoms with van der Waals surface area (Å²) in [6.07, 6.45) is 7.36. The third-order valence-electron chi connectivity index (χ3n) is 5.30. The van der Waals surface area contributed by atoms with E-state index in [1.165, 1.54) is 0 Å². The highest BCUT2D eigenvalue weighted by Gasteiger charge is 2.15. The van der Waals surface area contributed by atoms with Gasteiger partial charge in [0.2, 0.25) is 5.88 Å². The number of rotatable bonds is 10. The maximum atomic E-state index is 6.01. The lowest BCUT2D eigenvalue weighted by molar-refractivity contribution is 0.275. The van der Waals surface area contributed by atoms with Gasteiger partial charge in [-0.3, -0.25) is 4.68 Å². The minimum Gasteiger partial charge on any atom is -0.493 e. The molecular formula is C26H24N4O5S. The van der Waals surface area contributed by atoms with Crippen molar-refractivity contribution >= 4 is 23.5 Å². The number of hydrogen-bond acceptors (Lipinski definition) is 9. The highest BCUT2D eigenvalue weighted by molar-refractivity contribution is 7.07. The molecule has 36 heavy (non-hydrogen) atoms. The highest BCUT2D eigenvalue weighted by Crippen LogP contribution is 2.30. The third kappa shape index (κ3) is 5.33. The molecule has 0 bridgehead atoms. The molecule has 0 N–H and O–H groups in total. The summed E-state index contributed by atoms with van der Waals surface area (Å²) in [5.74, 6) is 3.38. The van der Waals surface area contributed by atoms with Crippen molar-refractivity contribution in [2.24, 2.45) is 7.05 Å². The second-order valence-electron chi connectivity index (χ2n) is 7.87. The van der Waals surface area contributed by atoms with E-state index in [1.54, 1.807) is 47.0 Å². The summed E-state index contributed by atoms with van der Waals surface area (Å²) in [4.78, 5) is 8.75. The fourth-order valence-corrected chi connectivity index (χ4v) is 4.00. The number of furan rings is 1. The van der Waals surface area contributed by atoms with Gasteiger partial charge < -0.3 is 23.0 Å². The first kappa shape index (κ1) is 23.4. The first-order valence-corrected chi connectivity index (χ1v) is 12.1. The summed E-state index contributed by atoms with van der Waals surface area (Å²) in [7, 11) is 3.46. The van der Waals surface area contributed by atoms with Crippen LogP contribution in [-0.4, -0.2) is 26.9 Å². The normalized spacial score (nSPS) is 11.3. The van der Waals surface area contributed by atoms with Gasteiger partial charge in [0.1, 0.15) is 24.7 Å². The summed E-state index contributed by atoms with van der Waals surface area (Å²) >= 11 is 1.55.